The van der Waals surface area contributed by atoms with Crippen LogP contribution in [0.4, 0.5) is 13.2 Å². The first-order valence-corrected chi connectivity index (χ1v) is 8.05. The molecule has 0 aromatic heterocycles. The molecular formula is C12H14ClF3N2O2S. The van der Waals surface area contributed by atoms with Gasteiger partial charge in [0.15, 0.2) is 0 Å². The Balaban J connectivity index is 2.54. The lowest BCUT2D eigenvalue weighted by Crippen LogP contribution is -2.52. The summed E-state index contributed by atoms with van der Waals surface area (Å²) < 4.78 is 65.4. The normalized spacial score (nSPS) is 21.5. The third-order valence-corrected chi connectivity index (χ3v) is 5.58. The van der Waals surface area contributed by atoms with E-state index in [9.17, 15) is 21.6 Å². The molecule has 0 spiro atoms. The van der Waals surface area contributed by atoms with Crippen LogP contribution in [-0.2, 0) is 16.2 Å². The monoisotopic (exact) mass is 342 g/mol. The van der Waals surface area contributed by atoms with Gasteiger partial charge in [-0.25, -0.2) is 8.42 Å². The number of halogens is 4. The summed E-state index contributed by atoms with van der Waals surface area (Å²) in [6.07, 6.45) is -4.79. The Morgan fingerprint density at radius 2 is 2.05 bits per heavy atom. The van der Waals surface area contributed by atoms with Gasteiger partial charge >= 0.3 is 6.18 Å². The summed E-state index contributed by atoms with van der Waals surface area (Å²) in [5.41, 5.74) is -1.24. The average Bonchev–Trinajstić information content (AvgIpc) is 2.37. The summed E-state index contributed by atoms with van der Waals surface area (Å²) in [7, 11) is -4.23. The molecule has 0 radical (unpaired) electrons. The number of benzene rings is 1. The first-order chi connectivity index (χ1) is 9.64. The zero-order chi connectivity index (χ0) is 15.8. The molecule has 9 heteroatoms. The Bertz CT molecular complexity index is 634. The van der Waals surface area contributed by atoms with Gasteiger partial charge in [0, 0.05) is 30.7 Å². The second-order valence-corrected chi connectivity index (χ2v) is 7.10. The summed E-state index contributed by atoms with van der Waals surface area (Å²) in [6.45, 7) is 2.57. The fourth-order valence-corrected chi connectivity index (χ4v) is 4.25. The number of rotatable bonds is 2. The average molecular weight is 343 g/mol. The van der Waals surface area contributed by atoms with Crippen molar-refractivity contribution in [2.45, 2.75) is 24.0 Å². The number of sulfonamides is 1. The van der Waals surface area contributed by atoms with E-state index in [1.54, 1.807) is 6.92 Å². The molecule has 0 saturated carbocycles. The first-order valence-electron chi connectivity index (χ1n) is 6.23. The van der Waals surface area contributed by atoms with Gasteiger partial charge in [-0.05, 0) is 25.1 Å². The van der Waals surface area contributed by atoms with Gasteiger partial charge < -0.3 is 5.32 Å². The summed E-state index contributed by atoms with van der Waals surface area (Å²) >= 11 is 5.57. The van der Waals surface area contributed by atoms with Crippen LogP contribution < -0.4 is 5.32 Å². The maximum absolute atomic E-state index is 13.1. The minimum absolute atomic E-state index is 0.128. The molecule has 0 unspecified atom stereocenters. The molecule has 2 rings (SSSR count). The SMILES string of the molecule is C[C@H]1CNCCN1S(=O)(=O)c1ccc(Cl)cc1C(F)(F)F. The Morgan fingerprint density at radius 3 is 2.62 bits per heavy atom. The topological polar surface area (TPSA) is 49.4 Å². The maximum atomic E-state index is 13.1. The minimum atomic E-state index is -4.79. The Kier molecular flexibility index (Phi) is 4.53. The van der Waals surface area contributed by atoms with Crippen molar-refractivity contribution < 1.29 is 21.6 Å². The second-order valence-electron chi connectivity index (χ2n) is 4.81. The van der Waals surface area contributed by atoms with E-state index in [-0.39, 0.29) is 11.6 Å². The summed E-state index contributed by atoms with van der Waals surface area (Å²) in [5, 5.41) is 2.83. The Hall–Kier alpha value is -0.830. The number of nitrogens with one attached hydrogen (secondary N) is 1. The molecule has 0 bridgehead atoms. The predicted molar refractivity (Wildman–Crippen MR) is 72.7 cm³/mol. The van der Waals surface area contributed by atoms with E-state index in [1.807, 2.05) is 0 Å². The number of hydrogen-bond acceptors (Lipinski definition) is 3. The zero-order valence-electron chi connectivity index (χ0n) is 11.1. The van der Waals surface area contributed by atoms with Crippen molar-refractivity contribution in [1.29, 1.82) is 0 Å². The van der Waals surface area contributed by atoms with Gasteiger partial charge in [-0.3, -0.25) is 0 Å². The fraction of sp³-hybridized carbons (Fsp3) is 0.500. The van der Waals surface area contributed by atoms with Crippen molar-refractivity contribution in [3.05, 3.63) is 28.8 Å². The van der Waals surface area contributed by atoms with Crippen LogP contribution in [0.1, 0.15) is 12.5 Å². The van der Waals surface area contributed by atoms with E-state index in [0.29, 0.717) is 19.2 Å². The predicted octanol–water partition coefficient (Wildman–Crippen LogP) is 2.34. The van der Waals surface area contributed by atoms with Gasteiger partial charge in [-0.2, -0.15) is 17.5 Å². The van der Waals surface area contributed by atoms with Gasteiger partial charge in [0.05, 0.1) is 10.5 Å². The highest BCUT2D eigenvalue weighted by Gasteiger charge is 2.40. The van der Waals surface area contributed by atoms with Crippen LogP contribution in [-0.4, -0.2) is 38.4 Å². The molecule has 118 valence electrons. The summed E-state index contributed by atoms with van der Waals surface area (Å²) in [4.78, 5) is -0.756. The number of piperazine rings is 1. The third-order valence-electron chi connectivity index (χ3n) is 3.27. The minimum Gasteiger partial charge on any atom is -0.314 e. The van der Waals surface area contributed by atoms with Gasteiger partial charge in [-0.1, -0.05) is 11.6 Å². The Labute approximate surface area is 125 Å². The van der Waals surface area contributed by atoms with Crippen LogP contribution in [0.3, 0.4) is 0 Å². The van der Waals surface area contributed by atoms with E-state index in [2.05, 4.69) is 5.32 Å². The number of hydrogen-bond donors (Lipinski definition) is 1. The van der Waals surface area contributed by atoms with E-state index in [1.165, 1.54) is 0 Å². The van der Waals surface area contributed by atoms with Crippen LogP contribution >= 0.6 is 11.6 Å². The molecule has 0 aliphatic carbocycles. The second kappa shape index (κ2) is 5.75. The lowest BCUT2D eigenvalue weighted by atomic mass is 10.2. The summed E-state index contributed by atoms with van der Waals surface area (Å²) in [5.74, 6) is 0. The van der Waals surface area contributed by atoms with Crippen LogP contribution in [0, 0.1) is 0 Å². The molecule has 0 amide bonds. The lowest BCUT2D eigenvalue weighted by Gasteiger charge is -2.33. The highest BCUT2D eigenvalue weighted by atomic mass is 35.5. The smallest absolute Gasteiger partial charge is 0.314 e. The van der Waals surface area contributed by atoms with Crippen LogP contribution in [0.2, 0.25) is 5.02 Å². The van der Waals surface area contributed by atoms with Crippen LogP contribution in [0.15, 0.2) is 23.1 Å². The molecule has 1 atom stereocenters. The quantitative estimate of drug-likeness (QED) is 0.897. The lowest BCUT2D eigenvalue weighted by molar-refractivity contribution is -0.139. The van der Waals surface area contributed by atoms with E-state index >= 15 is 0 Å². The van der Waals surface area contributed by atoms with E-state index in [0.717, 1.165) is 16.4 Å². The molecule has 1 fully saturated rings. The first kappa shape index (κ1) is 16.5. The molecule has 1 N–H and O–H groups in total. The van der Waals surface area contributed by atoms with Crippen molar-refractivity contribution in [1.82, 2.24) is 9.62 Å². The molecule has 1 aliphatic heterocycles. The molecule has 4 nitrogen and oxygen atoms in total. The van der Waals surface area contributed by atoms with Gasteiger partial charge in [-0.15, -0.1) is 0 Å². The molecule has 1 saturated heterocycles. The van der Waals surface area contributed by atoms with E-state index < -0.39 is 32.7 Å². The molecule has 1 aromatic rings. The van der Waals surface area contributed by atoms with Crippen molar-refractivity contribution in [2.75, 3.05) is 19.6 Å². The van der Waals surface area contributed by atoms with Crippen molar-refractivity contribution in [3.63, 3.8) is 0 Å². The fourth-order valence-electron chi connectivity index (χ4n) is 2.25. The van der Waals surface area contributed by atoms with Gasteiger partial charge in [0.1, 0.15) is 0 Å². The maximum Gasteiger partial charge on any atom is 0.417 e. The number of nitrogens with zero attached hydrogens (tertiary/aromatic N) is 1. The van der Waals surface area contributed by atoms with Gasteiger partial charge in [0.2, 0.25) is 10.0 Å². The molecule has 1 aromatic carbocycles. The zero-order valence-corrected chi connectivity index (χ0v) is 12.7. The number of alkyl halides is 3. The Morgan fingerprint density at radius 1 is 1.38 bits per heavy atom. The van der Waals surface area contributed by atoms with Gasteiger partial charge in [0.25, 0.3) is 0 Å². The van der Waals surface area contributed by atoms with Crippen LogP contribution in [0.25, 0.3) is 0 Å². The standard InChI is InChI=1S/C12H14ClF3N2O2S/c1-8-7-17-4-5-18(8)21(19,20)11-3-2-9(13)6-10(11)12(14,15)16/h2-3,6,8,17H,4-5,7H2,1H3/t8-/m0/s1. The van der Waals surface area contributed by atoms with E-state index in [4.69, 9.17) is 11.6 Å². The third kappa shape index (κ3) is 3.33. The molecule has 1 heterocycles. The van der Waals surface area contributed by atoms with Crippen LogP contribution in [0.5, 0.6) is 0 Å². The highest BCUT2D eigenvalue weighted by Crippen LogP contribution is 2.37. The molecule has 1 aliphatic rings. The van der Waals surface area contributed by atoms with Crippen molar-refractivity contribution >= 4 is 21.6 Å². The summed E-state index contributed by atoms with van der Waals surface area (Å²) in [6, 6.07) is 2.29. The molecule has 21 heavy (non-hydrogen) atoms. The largest absolute Gasteiger partial charge is 0.417 e. The van der Waals surface area contributed by atoms with Crippen molar-refractivity contribution in [2.24, 2.45) is 0 Å². The molecular weight excluding hydrogens is 329 g/mol. The van der Waals surface area contributed by atoms with Crippen molar-refractivity contribution in [3.8, 4) is 0 Å². The highest BCUT2D eigenvalue weighted by molar-refractivity contribution is 7.89.